The lowest BCUT2D eigenvalue weighted by Crippen LogP contribution is -2.44. The average Bonchev–Trinajstić information content (AvgIpc) is 3.13. The van der Waals surface area contributed by atoms with Crippen LogP contribution in [0.3, 0.4) is 0 Å². The van der Waals surface area contributed by atoms with Crippen LogP contribution in [0.4, 0.5) is 8.78 Å². The summed E-state index contributed by atoms with van der Waals surface area (Å²) < 4.78 is 26.3. The molecule has 0 aromatic carbocycles. The van der Waals surface area contributed by atoms with Gasteiger partial charge < -0.3 is 10.0 Å². The van der Waals surface area contributed by atoms with Gasteiger partial charge in [0.15, 0.2) is 0 Å². The molecule has 1 aliphatic heterocycles. The number of nitrogens with zero attached hydrogens (tertiary/aromatic N) is 1. The molecule has 0 unspecified atom stereocenters. The van der Waals surface area contributed by atoms with E-state index in [4.69, 9.17) is 5.11 Å². The van der Waals surface area contributed by atoms with Crippen LogP contribution in [-0.4, -0.2) is 40.9 Å². The van der Waals surface area contributed by atoms with Crippen molar-refractivity contribution in [1.82, 2.24) is 4.90 Å². The molecular formula is C15H21F2NO3. The Hall–Kier alpha value is -1.20. The van der Waals surface area contributed by atoms with E-state index in [9.17, 15) is 18.4 Å². The minimum absolute atomic E-state index is 0.00660. The van der Waals surface area contributed by atoms with Crippen LogP contribution in [0.15, 0.2) is 0 Å². The Labute approximate surface area is 122 Å². The number of hydrogen-bond acceptors (Lipinski definition) is 2. The molecule has 1 atom stereocenters. The number of hydrogen-bond donors (Lipinski definition) is 1. The summed E-state index contributed by atoms with van der Waals surface area (Å²) in [5, 5.41) is 9.05. The summed E-state index contributed by atoms with van der Waals surface area (Å²) in [5.74, 6) is -3.86. The van der Waals surface area contributed by atoms with Crippen molar-refractivity contribution in [3.63, 3.8) is 0 Å². The third-order valence-corrected chi connectivity index (χ3v) is 5.63. The van der Waals surface area contributed by atoms with Crippen molar-refractivity contribution in [3.8, 4) is 0 Å². The van der Waals surface area contributed by atoms with Crippen LogP contribution in [0.1, 0.15) is 44.9 Å². The van der Waals surface area contributed by atoms with Crippen LogP contribution < -0.4 is 0 Å². The molecule has 0 radical (unpaired) electrons. The van der Waals surface area contributed by atoms with Gasteiger partial charge in [-0.1, -0.05) is 0 Å². The lowest BCUT2D eigenvalue weighted by Gasteiger charge is -2.36. The Morgan fingerprint density at radius 2 is 1.62 bits per heavy atom. The molecule has 2 saturated carbocycles. The number of carboxylic acid groups (broad SMARTS) is 1. The number of carboxylic acids is 1. The van der Waals surface area contributed by atoms with Gasteiger partial charge in [-0.3, -0.25) is 9.59 Å². The number of likely N-dealkylation sites (tertiary alicyclic amines) is 1. The van der Waals surface area contributed by atoms with Crippen molar-refractivity contribution in [2.24, 2.45) is 17.3 Å². The van der Waals surface area contributed by atoms with Gasteiger partial charge in [-0.25, -0.2) is 8.78 Å². The maximum absolute atomic E-state index is 13.1. The smallest absolute Gasteiger partial charge is 0.307 e. The summed E-state index contributed by atoms with van der Waals surface area (Å²) in [4.78, 5) is 25.1. The largest absolute Gasteiger partial charge is 0.481 e. The van der Waals surface area contributed by atoms with E-state index in [2.05, 4.69) is 0 Å². The van der Waals surface area contributed by atoms with Gasteiger partial charge in [-0.15, -0.1) is 0 Å². The minimum atomic E-state index is -2.61. The predicted octanol–water partition coefficient (Wildman–Crippen LogP) is 2.53. The van der Waals surface area contributed by atoms with Gasteiger partial charge in [0.2, 0.25) is 11.8 Å². The molecule has 1 spiro atoms. The van der Waals surface area contributed by atoms with Crippen LogP contribution in [-0.2, 0) is 9.59 Å². The fourth-order valence-electron chi connectivity index (χ4n) is 3.97. The zero-order chi connectivity index (χ0) is 15.3. The molecule has 1 N–H and O–H groups in total. The molecule has 1 heterocycles. The van der Waals surface area contributed by atoms with Crippen LogP contribution in [0, 0.1) is 17.3 Å². The number of rotatable bonds is 2. The topological polar surface area (TPSA) is 57.6 Å². The van der Waals surface area contributed by atoms with Crippen molar-refractivity contribution in [1.29, 1.82) is 0 Å². The Bertz CT molecular complexity index is 448. The molecule has 1 amide bonds. The summed E-state index contributed by atoms with van der Waals surface area (Å²) in [6.45, 7) is 1.16. The maximum Gasteiger partial charge on any atom is 0.307 e. The number of piperidine rings is 1. The monoisotopic (exact) mass is 301 g/mol. The predicted molar refractivity (Wildman–Crippen MR) is 70.9 cm³/mol. The first-order chi connectivity index (χ1) is 9.83. The van der Waals surface area contributed by atoms with E-state index in [1.54, 1.807) is 4.90 Å². The van der Waals surface area contributed by atoms with Crippen LogP contribution in [0.25, 0.3) is 0 Å². The Balaban J connectivity index is 1.51. The SMILES string of the molecule is O=C(O)[C@@H]1CC12CCN(C(=O)C1CCC(F)(F)CC1)CC2. The minimum Gasteiger partial charge on any atom is -0.481 e. The lowest BCUT2D eigenvalue weighted by atomic mass is 9.84. The van der Waals surface area contributed by atoms with Gasteiger partial charge in [-0.05, 0) is 37.5 Å². The van der Waals surface area contributed by atoms with Crippen LogP contribution in [0.5, 0.6) is 0 Å². The first-order valence-electron chi connectivity index (χ1n) is 7.72. The first-order valence-corrected chi connectivity index (χ1v) is 7.72. The highest BCUT2D eigenvalue weighted by molar-refractivity contribution is 5.79. The van der Waals surface area contributed by atoms with Gasteiger partial charge in [-0.2, -0.15) is 0 Å². The van der Waals surface area contributed by atoms with E-state index in [1.807, 2.05) is 0 Å². The summed E-state index contributed by atoms with van der Waals surface area (Å²) in [6.07, 6.45) is 2.35. The highest BCUT2D eigenvalue weighted by atomic mass is 19.3. The quantitative estimate of drug-likeness (QED) is 0.852. The molecule has 4 nitrogen and oxygen atoms in total. The van der Waals surface area contributed by atoms with Gasteiger partial charge in [0.05, 0.1) is 5.92 Å². The van der Waals surface area contributed by atoms with Gasteiger partial charge in [0.25, 0.3) is 0 Å². The Morgan fingerprint density at radius 1 is 1.05 bits per heavy atom. The summed E-state index contributed by atoms with van der Waals surface area (Å²) in [5.41, 5.74) is -0.0950. The zero-order valence-corrected chi connectivity index (χ0v) is 12.0. The number of aliphatic carboxylic acids is 1. The van der Waals surface area contributed by atoms with Gasteiger partial charge >= 0.3 is 5.97 Å². The second-order valence-corrected chi connectivity index (χ2v) is 6.91. The Morgan fingerprint density at radius 3 is 2.10 bits per heavy atom. The summed E-state index contributed by atoms with van der Waals surface area (Å²) in [6, 6.07) is 0. The van der Waals surface area contributed by atoms with Gasteiger partial charge in [0, 0.05) is 31.8 Å². The van der Waals surface area contributed by atoms with Crippen LogP contribution in [0.2, 0.25) is 0 Å². The average molecular weight is 301 g/mol. The second kappa shape index (κ2) is 4.92. The van der Waals surface area contributed by atoms with Crippen molar-refractivity contribution in [2.75, 3.05) is 13.1 Å². The molecule has 2 aliphatic carbocycles. The molecular weight excluding hydrogens is 280 g/mol. The molecule has 6 heteroatoms. The zero-order valence-electron chi connectivity index (χ0n) is 12.0. The van der Waals surface area contributed by atoms with Crippen molar-refractivity contribution >= 4 is 11.9 Å². The fraction of sp³-hybridized carbons (Fsp3) is 0.867. The number of carbonyl (C=O) groups excluding carboxylic acids is 1. The molecule has 3 aliphatic rings. The number of amides is 1. The normalized spacial score (nSPS) is 31.1. The highest BCUT2D eigenvalue weighted by Gasteiger charge is 2.59. The van der Waals surface area contributed by atoms with E-state index in [0.29, 0.717) is 13.1 Å². The first kappa shape index (κ1) is 14.7. The molecule has 3 rings (SSSR count). The van der Waals surface area contributed by atoms with Crippen molar-refractivity contribution in [2.45, 2.75) is 50.9 Å². The van der Waals surface area contributed by atoms with E-state index in [0.717, 1.165) is 19.3 Å². The summed E-state index contributed by atoms with van der Waals surface area (Å²) in [7, 11) is 0. The van der Waals surface area contributed by atoms with Crippen molar-refractivity contribution in [3.05, 3.63) is 0 Å². The number of alkyl halides is 2. The molecule has 1 saturated heterocycles. The Kier molecular flexibility index (Phi) is 3.45. The summed E-state index contributed by atoms with van der Waals surface area (Å²) >= 11 is 0. The standard InChI is InChI=1S/C15H21F2NO3/c16-15(17)3-1-10(2-4-15)12(19)18-7-5-14(6-8-18)9-11(14)13(20)21/h10-11H,1-9H2,(H,20,21)/t11-/m0/s1. The van der Waals surface area contributed by atoms with Gasteiger partial charge in [0.1, 0.15) is 0 Å². The molecule has 21 heavy (non-hydrogen) atoms. The number of carbonyl (C=O) groups is 2. The molecule has 118 valence electrons. The number of halogens is 2. The maximum atomic E-state index is 13.1. The van der Waals surface area contributed by atoms with E-state index in [-0.39, 0.29) is 48.8 Å². The second-order valence-electron chi connectivity index (χ2n) is 6.91. The van der Waals surface area contributed by atoms with E-state index in [1.165, 1.54) is 0 Å². The highest BCUT2D eigenvalue weighted by Crippen LogP contribution is 2.59. The fourth-order valence-corrected chi connectivity index (χ4v) is 3.97. The molecule has 0 bridgehead atoms. The van der Waals surface area contributed by atoms with E-state index >= 15 is 0 Å². The third-order valence-electron chi connectivity index (χ3n) is 5.63. The molecule has 3 fully saturated rings. The third kappa shape index (κ3) is 2.77. The van der Waals surface area contributed by atoms with E-state index < -0.39 is 11.9 Å². The molecule has 0 aromatic heterocycles. The molecule has 0 aromatic rings. The van der Waals surface area contributed by atoms with Crippen LogP contribution >= 0.6 is 0 Å². The lowest BCUT2D eigenvalue weighted by molar-refractivity contribution is -0.142. The van der Waals surface area contributed by atoms with Crippen molar-refractivity contribution < 1.29 is 23.5 Å².